The van der Waals surface area contributed by atoms with Gasteiger partial charge in [0.25, 0.3) is 0 Å². The van der Waals surface area contributed by atoms with Crippen molar-refractivity contribution < 1.29 is 4.79 Å². The van der Waals surface area contributed by atoms with Crippen molar-refractivity contribution >= 4 is 23.4 Å². The van der Waals surface area contributed by atoms with Crippen LogP contribution in [0.2, 0.25) is 0 Å². The highest BCUT2D eigenvalue weighted by atomic mass is 16.2. The third-order valence-electron chi connectivity index (χ3n) is 9.88. The van der Waals surface area contributed by atoms with Gasteiger partial charge in [0, 0.05) is 54.3 Å². The summed E-state index contributed by atoms with van der Waals surface area (Å²) in [5.41, 5.74) is 1.80. The molecule has 5 fully saturated rings. The van der Waals surface area contributed by atoms with E-state index in [0.29, 0.717) is 11.5 Å². The third-order valence-corrected chi connectivity index (χ3v) is 9.88. The lowest BCUT2D eigenvalue weighted by Gasteiger charge is -2.50. The molecule has 2 aromatic rings. The number of fused-ring (bicyclic) bond motifs is 3. The van der Waals surface area contributed by atoms with Crippen LogP contribution in [0.5, 0.6) is 0 Å². The van der Waals surface area contributed by atoms with Crippen LogP contribution in [-0.2, 0) is 10.2 Å². The third kappa shape index (κ3) is 2.98. The largest absolute Gasteiger partial charge is 0.350 e. The molecule has 8 nitrogen and oxygen atoms in total. The molecule has 2 atom stereocenters. The van der Waals surface area contributed by atoms with Gasteiger partial charge in [-0.05, 0) is 70.4 Å². The molecule has 0 unspecified atom stereocenters. The van der Waals surface area contributed by atoms with Crippen LogP contribution in [0.25, 0.3) is 0 Å². The van der Waals surface area contributed by atoms with Gasteiger partial charge in [-0.2, -0.15) is 5.26 Å². The Balaban J connectivity index is 1.22. The van der Waals surface area contributed by atoms with Crippen LogP contribution in [0, 0.1) is 22.7 Å². The predicted octanol–water partition coefficient (Wildman–Crippen LogP) is 3.93. The molecule has 8 heteroatoms. The maximum absolute atomic E-state index is 13.6. The average Bonchev–Trinajstić information content (AvgIpc) is 3.56. The molecule has 6 aliphatic rings. The minimum atomic E-state index is -0.0571. The van der Waals surface area contributed by atoms with E-state index in [1.807, 2.05) is 6.07 Å². The molecule has 0 N–H and O–H groups in total. The summed E-state index contributed by atoms with van der Waals surface area (Å²) < 4.78 is 0. The molecule has 1 saturated heterocycles. The van der Waals surface area contributed by atoms with E-state index in [-0.39, 0.29) is 22.9 Å². The molecule has 0 aromatic carbocycles. The quantitative estimate of drug-likeness (QED) is 0.653. The fourth-order valence-corrected chi connectivity index (χ4v) is 7.78. The lowest BCUT2D eigenvalue weighted by molar-refractivity contribution is -0.149. The molecule has 1 amide bonds. The molecule has 2 aromatic heterocycles. The number of piperazine rings is 1. The molecule has 0 radical (unpaired) electrons. The molecule has 4 aliphatic carbocycles. The molecule has 2 bridgehead atoms. The summed E-state index contributed by atoms with van der Waals surface area (Å²) in [7, 11) is 0. The zero-order valence-electron chi connectivity index (χ0n) is 21.2. The van der Waals surface area contributed by atoms with Crippen LogP contribution in [-0.4, -0.2) is 57.5 Å². The van der Waals surface area contributed by atoms with E-state index < -0.39 is 0 Å². The van der Waals surface area contributed by atoms with Crippen LogP contribution in [0.4, 0.5) is 17.5 Å². The maximum atomic E-state index is 13.6. The van der Waals surface area contributed by atoms with Crippen molar-refractivity contribution in [2.24, 2.45) is 11.3 Å². The molecule has 1 spiro atoms. The summed E-state index contributed by atoms with van der Waals surface area (Å²) in [5.74, 6) is 3.90. The average molecular weight is 484 g/mol. The second kappa shape index (κ2) is 7.64. The van der Waals surface area contributed by atoms with Gasteiger partial charge in [0.1, 0.15) is 23.8 Å². The van der Waals surface area contributed by atoms with Gasteiger partial charge in [-0.25, -0.2) is 15.0 Å². The highest BCUT2D eigenvalue weighted by Crippen LogP contribution is 2.60. The minimum Gasteiger partial charge on any atom is -0.350 e. The summed E-state index contributed by atoms with van der Waals surface area (Å²) in [6.45, 7) is 6.78. The number of pyridine rings is 1. The number of hydrogen-bond donors (Lipinski definition) is 0. The normalized spacial score (nSPS) is 31.6. The first-order chi connectivity index (χ1) is 17.4. The molecule has 186 valence electrons. The van der Waals surface area contributed by atoms with Gasteiger partial charge in [0.2, 0.25) is 5.91 Å². The van der Waals surface area contributed by atoms with Crippen LogP contribution in [0.3, 0.4) is 0 Å². The Bertz CT molecular complexity index is 1270. The molecular weight excluding hydrogens is 450 g/mol. The number of carbonyl (C=O) groups is 1. The fourth-order valence-electron chi connectivity index (χ4n) is 7.78. The molecule has 36 heavy (non-hydrogen) atoms. The highest BCUT2D eigenvalue weighted by Gasteiger charge is 2.57. The number of aromatic nitrogens is 3. The maximum Gasteiger partial charge on any atom is 0.229 e. The number of hydrogen-bond acceptors (Lipinski definition) is 7. The van der Waals surface area contributed by atoms with Crippen molar-refractivity contribution in [1.29, 1.82) is 5.26 Å². The Morgan fingerprint density at radius 2 is 1.89 bits per heavy atom. The number of rotatable bonds is 3. The van der Waals surface area contributed by atoms with Gasteiger partial charge in [0.15, 0.2) is 0 Å². The molecule has 8 rings (SSSR count). The fraction of sp³-hybridized carbons (Fsp3) is 0.607. The van der Waals surface area contributed by atoms with E-state index in [1.54, 1.807) is 18.6 Å². The highest BCUT2D eigenvalue weighted by molar-refractivity contribution is 5.85. The first kappa shape index (κ1) is 22.0. The number of amides is 1. The predicted molar refractivity (Wildman–Crippen MR) is 136 cm³/mol. The van der Waals surface area contributed by atoms with Crippen molar-refractivity contribution in [3.63, 3.8) is 0 Å². The zero-order chi connectivity index (χ0) is 24.7. The van der Waals surface area contributed by atoms with Crippen molar-refractivity contribution in [3.8, 4) is 6.07 Å². The Kier molecular flexibility index (Phi) is 4.68. The summed E-state index contributed by atoms with van der Waals surface area (Å²) in [6.07, 6.45) is 11.3. The van der Waals surface area contributed by atoms with Crippen LogP contribution < -0.4 is 9.80 Å². The van der Waals surface area contributed by atoms with E-state index in [0.717, 1.165) is 75.1 Å². The Labute approximate surface area is 212 Å². The van der Waals surface area contributed by atoms with Crippen molar-refractivity contribution in [2.45, 2.75) is 76.3 Å². The van der Waals surface area contributed by atoms with E-state index in [4.69, 9.17) is 9.97 Å². The summed E-state index contributed by atoms with van der Waals surface area (Å²) in [4.78, 5) is 34.6. The van der Waals surface area contributed by atoms with Crippen LogP contribution >= 0.6 is 0 Å². The summed E-state index contributed by atoms with van der Waals surface area (Å²) >= 11 is 0. The topological polar surface area (TPSA) is 89.2 Å². The van der Waals surface area contributed by atoms with Gasteiger partial charge < -0.3 is 14.7 Å². The monoisotopic (exact) mass is 483 g/mol. The minimum absolute atomic E-state index is 0.0237. The number of nitriles is 1. The number of nitrogens with zero attached hydrogens (tertiary/aromatic N) is 7. The molecule has 4 saturated carbocycles. The van der Waals surface area contributed by atoms with Gasteiger partial charge in [-0.1, -0.05) is 6.42 Å². The first-order valence-corrected chi connectivity index (χ1v) is 13.5. The Morgan fingerprint density at radius 1 is 1.08 bits per heavy atom. The van der Waals surface area contributed by atoms with E-state index in [9.17, 15) is 10.1 Å². The summed E-state index contributed by atoms with van der Waals surface area (Å²) in [6, 6.07) is 6.16. The smallest absolute Gasteiger partial charge is 0.229 e. The van der Waals surface area contributed by atoms with Crippen molar-refractivity contribution in [2.75, 3.05) is 29.4 Å². The number of anilines is 3. The van der Waals surface area contributed by atoms with Crippen molar-refractivity contribution in [1.82, 2.24) is 19.9 Å². The molecule has 4 heterocycles. The van der Waals surface area contributed by atoms with Gasteiger partial charge in [-0.3, -0.25) is 4.79 Å². The van der Waals surface area contributed by atoms with E-state index >= 15 is 0 Å². The molecule has 2 aliphatic heterocycles. The summed E-state index contributed by atoms with van der Waals surface area (Å²) in [5, 5.41) is 9.42. The second-order valence-corrected chi connectivity index (χ2v) is 12.0. The van der Waals surface area contributed by atoms with Gasteiger partial charge in [0.05, 0.1) is 11.6 Å². The molecular formula is C28H33N7O. The lowest BCUT2D eigenvalue weighted by atomic mass is 9.66. The van der Waals surface area contributed by atoms with Crippen LogP contribution in [0.1, 0.15) is 69.9 Å². The Morgan fingerprint density at radius 3 is 2.58 bits per heavy atom. The SMILES string of the molecule is C[C@H]1CN(c2ncnc3c2C2(CCC2)CN3c2cc(C#N)ccn2)[C@@H](C)CN1C(=O)C12CCC(C1)C2. The first-order valence-electron chi connectivity index (χ1n) is 13.5. The van der Waals surface area contributed by atoms with E-state index in [1.165, 1.54) is 18.4 Å². The lowest BCUT2D eigenvalue weighted by Crippen LogP contribution is -2.62. The van der Waals surface area contributed by atoms with Gasteiger partial charge >= 0.3 is 0 Å². The van der Waals surface area contributed by atoms with Gasteiger partial charge in [-0.15, -0.1) is 0 Å². The van der Waals surface area contributed by atoms with Crippen LogP contribution in [0.15, 0.2) is 24.7 Å². The second-order valence-electron chi connectivity index (χ2n) is 12.0. The zero-order valence-corrected chi connectivity index (χ0v) is 21.2. The Hall–Kier alpha value is -3.21. The standard InChI is InChI=1S/C28H33N7O/c1-18-15-34(26(36)28-8-4-21(11-28)12-28)19(2)14-33(18)24-23-25(32-17-31-24)35(16-27(23)6-3-7-27)22-10-20(13-29)5-9-30-22/h5,9-10,17-19,21H,3-4,6-8,11-12,14-16H2,1-2H3/t18-,19-,21?,28?/m0/s1. The van der Waals surface area contributed by atoms with Crippen molar-refractivity contribution in [3.05, 3.63) is 35.8 Å². The number of carbonyl (C=O) groups excluding carboxylic acids is 1. The van der Waals surface area contributed by atoms with E-state index in [2.05, 4.69) is 39.6 Å².